The lowest BCUT2D eigenvalue weighted by molar-refractivity contribution is 0.0944. The van der Waals surface area contributed by atoms with E-state index in [9.17, 15) is 4.79 Å². The molecular formula is C12H15N3OS. The fourth-order valence-corrected chi connectivity index (χ4v) is 2.52. The van der Waals surface area contributed by atoms with Crippen molar-refractivity contribution in [1.82, 2.24) is 10.3 Å². The third-order valence-electron chi connectivity index (χ3n) is 2.73. The maximum absolute atomic E-state index is 12.0. The van der Waals surface area contributed by atoms with Crippen LogP contribution in [0.4, 0.5) is 5.69 Å². The first kappa shape index (κ1) is 11.9. The van der Waals surface area contributed by atoms with Gasteiger partial charge in [-0.05, 0) is 19.4 Å². The molecule has 0 aromatic carbocycles. The van der Waals surface area contributed by atoms with Gasteiger partial charge in [0.1, 0.15) is 4.88 Å². The van der Waals surface area contributed by atoms with E-state index >= 15 is 0 Å². The van der Waals surface area contributed by atoms with Crippen LogP contribution in [0.1, 0.15) is 29.9 Å². The molecule has 0 fully saturated rings. The van der Waals surface area contributed by atoms with Gasteiger partial charge in [0, 0.05) is 23.8 Å². The molecular weight excluding hydrogens is 234 g/mol. The minimum Gasteiger partial charge on any atom is -0.397 e. The Labute approximate surface area is 104 Å². The van der Waals surface area contributed by atoms with Crippen LogP contribution in [0, 0.1) is 0 Å². The molecule has 2 heterocycles. The van der Waals surface area contributed by atoms with Gasteiger partial charge in [0.15, 0.2) is 0 Å². The zero-order valence-electron chi connectivity index (χ0n) is 9.86. The highest BCUT2D eigenvalue weighted by molar-refractivity contribution is 7.21. The Morgan fingerprint density at radius 1 is 1.65 bits per heavy atom. The van der Waals surface area contributed by atoms with Gasteiger partial charge in [-0.1, -0.05) is 6.92 Å². The second-order valence-electron chi connectivity index (χ2n) is 4.00. The highest BCUT2D eigenvalue weighted by atomic mass is 32.1. The van der Waals surface area contributed by atoms with E-state index in [2.05, 4.69) is 10.3 Å². The Hall–Kier alpha value is -1.62. The normalized spacial score (nSPS) is 12.6. The molecule has 1 atom stereocenters. The number of hydrogen-bond acceptors (Lipinski definition) is 4. The summed E-state index contributed by atoms with van der Waals surface area (Å²) in [5.74, 6) is -0.0990. The van der Waals surface area contributed by atoms with Crippen molar-refractivity contribution >= 4 is 33.0 Å². The van der Waals surface area contributed by atoms with Gasteiger partial charge in [0.2, 0.25) is 0 Å². The average molecular weight is 249 g/mol. The summed E-state index contributed by atoms with van der Waals surface area (Å²) in [6.07, 6.45) is 4.32. The minimum absolute atomic E-state index is 0.0990. The van der Waals surface area contributed by atoms with E-state index in [1.807, 2.05) is 19.9 Å². The van der Waals surface area contributed by atoms with Gasteiger partial charge >= 0.3 is 0 Å². The van der Waals surface area contributed by atoms with Crippen molar-refractivity contribution < 1.29 is 4.79 Å². The molecule has 0 spiro atoms. The molecule has 0 saturated carbocycles. The number of nitrogens with two attached hydrogens (primary N) is 1. The van der Waals surface area contributed by atoms with Crippen molar-refractivity contribution in [3.8, 4) is 0 Å². The van der Waals surface area contributed by atoms with Crippen LogP contribution in [-0.4, -0.2) is 16.9 Å². The smallest absolute Gasteiger partial charge is 0.263 e. The molecule has 17 heavy (non-hydrogen) atoms. The van der Waals surface area contributed by atoms with Crippen LogP contribution in [-0.2, 0) is 0 Å². The summed E-state index contributed by atoms with van der Waals surface area (Å²) in [7, 11) is 0. The Kier molecular flexibility index (Phi) is 3.28. The molecule has 3 N–H and O–H groups in total. The maximum Gasteiger partial charge on any atom is 0.263 e. The highest BCUT2D eigenvalue weighted by Gasteiger charge is 2.17. The van der Waals surface area contributed by atoms with Gasteiger partial charge in [-0.25, -0.2) is 0 Å². The predicted octanol–water partition coefficient (Wildman–Crippen LogP) is 2.41. The standard InChI is InChI=1S/C12H15N3OS/c1-3-7(2)15-12(16)11-10(13)8-4-5-14-6-9(8)17-11/h4-7H,3,13H2,1-2H3,(H,15,16). The first-order valence-corrected chi connectivity index (χ1v) is 6.38. The molecule has 0 saturated heterocycles. The largest absolute Gasteiger partial charge is 0.397 e. The summed E-state index contributed by atoms with van der Waals surface area (Å²) >= 11 is 1.38. The monoisotopic (exact) mass is 249 g/mol. The molecule has 2 aromatic rings. The van der Waals surface area contributed by atoms with Crippen molar-refractivity contribution in [3.05, 3.63) is 23.3 Å². The zero-order valence-corrected chi connectivity index (χ0v) is 10.7. The van der Waals surface area contributed by atoms with Crippen LogP contribution in [0.5, 0.6) is 0 Å². The van der Waals surface area contributed by atoms with Crippen molar-refractivity contribution in [2.45, 2.75) is 26.3 Å². The topological polar surface area (TPSA) is 68.0 Å². The van der Waals surface area contributed by atoms with Crippen molar-refractivity contribution in [2.75, 3.05) is 5.73 Å². The van der Waals surface area contributed by atoms with E-state index in [-0.39, 0.29) is 11.9 Å². The van der Waals surface area contributed by atoms with Crippen molar-refractivity contribution in [1.29, 1.82) is 0 Å². The lowest BCUT2D eigenvalue weighted by Crippen LogP contribution is -2.31. The lowest BCUT2D eigenvalue weighted by Gasteiger charge is -2.10. The summed E-state index contributed by atoms with van der Waals surface area (Å²) < 4.78 is 0.944. The molecule has 2 rings (SSSR count). The Morgan fingerprint density at radius 3 is 3.06 bits per heavy atom. The van der Waals surface area contributed by atoms with Crippen LogP contribution in [0.25, 0.3) is 10.1 Å². The number of nitrogen functional groups attached to an aromatic ring is 1. The van der Waals surface area contributed by atoms with E-state index in [1.165, 1.54) is 11.3 Å². The van der Waals surface area contributed by atoms with Crippen LogP contribution in [0.15, 0.2) is 18.5 Å². The number of rotatable bonds is 3. The van der Waals surface area contributed by atoms with Crippen LogP contribution < -0.4 is 11.1 Å². The van der Waals surface area contributed by atoms with Gasteiger partial charge in [0.05, 0.1) is 10.4 Å². The van der Waals surface area contributed by atoms with Gasteiger partial charge in [-0.15, -0.1) is 11.3 Å². The molecule has 0 bridgehead atoms. The molecule has 0 aliphatic carbocycles. The Bertz CT molecular complexity index is 550. The second-order valence-corrected chi connectivity index (χ2v) is 5.05. The van der Waals surface area contributed by atoms with E-state index in [1.54, 1.807) is 12.4 Å². The highest BCUT2D eigenvalue weighted by Crippen LogP contribution is 2.32. The van der Waals surface area contributed by atoms with Crippen LogP contribution in [0.3, 0.4) is 0 Å². The number of carbonyl (C=O) groups is 1. The Morgan fingerprint density at radius 2 is 2.41 bits per heavy atom. The van der Waals surface area contributed by atoms with Crippen LogP contribution in [0.2, 0.25) is 0 Å². The SMILES string of the molecule is CCC(C)NC(=O)c1sc2cnccc2c1N. The molecule has 2 aromatic heterocycles. The summed E-state index contributed by atoms with van der Waals surface area (Å²) in [5.41, 5.74) is 6.53. The number of anilines is 1. The minimum atomic E-state index is -0.0990. The maximum atomic E-state index is 12.0. The Balaban J connectivity index is 2.35. The number of nitrogens with one attached hydrogen (secondary N) is 1. The molecule has 1 unspecified atom stereocenters. The zero-order chi connectivity index (χ0) is 12.4. The lowest BCUT2D eigenvalue weighted by atomic mass is 10.2. The van der Waals surface area contributed by atoms with Crippen molar-refractivity contribution in [2.24, 2.45) is 0 Å². The molecule has 4 nitrogen and oxygen atoms in total. The average Bonchev–Trinajstić information content (AvgIpc) is 2.67. The molecule has 5 heteroatoms. The quantitative estimate of drug-likeness (QED) is 0.877. The van der Waals surface area contributed by atoms with Gasteiger partial charge < -0.3 is 11.1 Å². The summed E-state index contributed by atoms with van der Waals surface area (Å²) in [6, 6.07) is 1.99. The molecule has 1 amide bonds. The summed E-state index contributed by atoms with van der Waals surface area (Å²) in [4.78, 5) is 16.6. The fraction of sp³-hybridized carbons (Fsp3) is 0.333. The van der Waals surface area contributed by atoms with Gasteiger partial charge in [-0.3, -0.25) is 9.78 Å². The van der Waals surface area contributed by atoms with Crippen molar-refractivity contribution in [3.63, 3.8) is 0 Å². The summed E-state index contributed by atoms with van der Waals surface area (Å²) in [6.45, 7) is 4.01. The number of aromatic nitrogens is 1. The number of nitrogens with zero attached hydrogens (tertiary/aromatic N) is 1. The number of amides is 1. The molecule has 0 radical (unpaired) electrons. The number of fused-ring (bicyclic) bond motifs is 1. The van der Waals surface area contributed by atoms with E-state index in [0.717, 1.165) is 16.5 Å². The fourth-order valence-electron chi connectivity index (χ4n) is 1.53. The number of thiophene rings is 1. The second kappa shape index (κ2) is 4.71. The first-order valence-electron chi connectivity index (χ1n) is 5.56. The number of carbonyl (C=O) groups excluding carboxylic acids is 1. The van der Waals surface area contributed by atoms with E-state index < -0.39 is 0 Å². The number of pyridine rings is 1. The van der Waals surface area contributed by atoms with E-state index in [0.29, 0.717) is 10.6 Å². The van der Waals surface area contributed by atoms with E-state index in [4.69, 9.17) is 5.73 Å². The van der Waals surface area contributed by atoms with Gasteiger partial charge in [-0.2, -0.15) is 0 Å². The first-order chi connectivity index (χ1) is 8.13. The predicted molar refractivity (Wildman–Crippen MR) is 71.3 cm³/mol. The summed E-state index contributed by atoms with van der Waals surface area (Å²) in [5, 5.41) is 3.82. The third kappa shape index (κ3) is 2.24. The molecule has 0 aliphatic rings. The van der Waals surface area contributed by atoms with Crippen LogP contribution >= 0.6 is 11.3 Å². The molecule has 90 valence electrons. The third-order valence-corrected chi connectivity index (χ3v) is 3.88. The molecule has 0 aliphatic heterocycles. The number of hydrogen-bond donors (Lipinski definition) is 2. The van der Waals surface area contributed by atoms with Gasteiger partial charge in [0.25, 0.3) is 5.91 Å².